The lowest BCUT2D eigenvalue weighted by molar-refractivity contribution is -0.138. The molecule has 2 rings (SSSR count). The van der Waals surface area contributed by atoms with E-state index in [2.05, 4.69) is 18.1 Å². The zero-order valence-corrected chi connectivity index (χ0v) is 12.3. The lowest BCUT2D eigenvalue weighted by Gasteiger charge is -2.43. The molecule has 0 aliphatic carbocycles. The van der Waals surface area contributed by atoms with Gasteiger partial charge in [-0.1, -0.05) is 0 Å². The Morgan fingerprint density at radius 2 is 2.28 bits per heavy atom. The number of thioether (sulfide) groups is 1. The van der Waals surface area contributed by atoms with Gasteiger partial charge in [0.2, 0.25) is 5.91 Å². The molecule has 0 aromatic heterocycles. The van der Waals surface area contributed by atoms with Crippen molar-refractivity contribution in [3.05, 3.63) is 0 Å². The third kappa shape index (κ3) is 3.00. The van der Waals surface area contributed by atoms with Gasteiger partial charge in [-0.05, 0) is 44.7 Å². The van der Waals surface area contributed by atoms with Gasteiger partial charge >= 0.3 is 0 Å². The molecule has 2 saturated heterocycles. The van der Waals surface area contributed by atoms with Crippen molar-refractivity contribution in [2.45, 2.75) is 44.3 Å². The summed E-state index contributed by atoms with van der Waals surface area (Å²) in [6.07, 6.45) is 5.35. The number of rotatable bonds is 4. The number of amides is 1. The van der Waals surface area contributed by atoms with Crippen molar-refractivity contribution in [1.29, 1.82) is 0 Å². The van der Waals surface area contributed by atoms with Crippen LogP contribution in [0.5, 0.6) is 0 Å². The zero-order chi connectivity index (χ0) is 13.1. The number of hydrogen-bond donors (Lipinski definition) is 1. The Bertz CT molecular complexity index is 300. The number of nitrogens with zero attached hydrogens (tertiary/aromatic N) is 2. The highest BCUT2D eigenvalue weighted by Crippen LogP contribution is 2.25. The number of piperazine rings is 1. The van der Waals surface area contributed by atoms with Crippen molar-refractivity contribution >= 4 is 17.7 Å². The molecule has 0 aromatic carbocycles. The van der Waals surface area contributed by atoms with E-state index in [9.17, 15) is 4.79 Å². The van der Waals surface area contributed by atoms with E-state index in [0.29, 0.717) is 12.1 Å². The molecule has 5 heteroatoms. The first-order chi connectivity index (χ1) is 8.63. The predicted molar refractivity (Wildman–Crippen MR) is 76.7 cm³/mol. The average Bonchev–Trinajstić information content (AvgIpc) is 2.81. The summed E-state index contributed by atoms with van der Waals surface area (Å²) in [5, 5.41) is 0. The van der Waals surface area contributed by atoms with Crippen LogP contribution in [0.3, 0.4) is 0 Å². The SMILES string of the molecule is CSCC[C@H](N)C(=O)N1CC2CCCN2CC1C. The maximum absolute atomic E-state index is 12.4. The van der Waals surface area contributed by atoms with Gasteiger partial charge in [-0.3, -0.25) is 9.69 Å². The summed E-state index contributed by atoms with van der Waals surface area (Å²) in [5.74, 6) is 1.12. The van der Waals surface area contributed by atoms with Gasteiger partial charge in [-0.25, -0.2) is 0 Å². The Hall–Kier alpha value is -0.260. The summed E-state index contributed by atoms with van der Waals surface area (Å²) < 4.78 is 0. The monoisotopic (exact) mass is 271 g/mol. The minimum atomic E-state index is -0.312. The van der Waals surface area contributed by atoms with Crippen molar-refractivity contribution in [2.75, 3.05) is 31.6 Å². The fourth-order valence-corrected chi connectivity index (χ4v) is 3.57. The minimum absolute atomic E-state index is 0.156. The maximum atomic E-state index is 12.4. The van der Waals surface area contributed by atoms with E-state index in [1.165, 1.54) is 19.4 Å². The van der Waals surface area contributed by atoms with E-state index in [4.69, 9.17) is 5.73 Å². The Balaban J connectivity index is 1.92. The van der Waals surface area contributed by atoms with E-state index in [0.717, 1.165) is 25.3 Å². The summed E-state index contributed by atoms with van der Waals surface area (Å²) in [7, 11) is 0. The van der Waals surface area contributed by atoms with Crippen LogP contribution in [0.25, 0.3) is 0 Å². The number of nitrogens with two attached hydrogens (primary N) is 1. The van der Waals surface area contributed by atoms with Crippen LogP contribution < -0.4 is 5.73 Å². The first-order valence-corrected chi connectivity index (χ1v) is 8.32. The molecule has 0 spiro atoms. The van der Waals surface area contributed by atoms with Crippen LogP contribution in [0.2, 0.25) is 0 Å². The fraction of sp³-hybridized carbons (Fsp3) is 0.923. The van der Waals surface area contributed by atoms with Gasteiger partial charge in [0.25, 0.3) is 0 Å². The Labute approximate surface area is 114 Å². The summed E-state index contributed by atoms with van der Waals surface area (Å²) >= 11 is 1.75. The molecular formula is C13H25N3OS. The second kappa shape index (κ2) is 6.26. The Morgan fingerprint density at radius 1 is 1.50 bits per heavy atom. The molecule has 0 saturated carbocycles. The lowest BCUT2D eigenvalue weighted by Crippen LogP contribution is -2.59. The topological polar surface area (TPSA) is 49.6 Å². The van der Waals surface area contributed by atoms with Crippen molar-refractivity contribution in [1.82, 2.24) is 9.80 Å². The van der Waals surface area contributed by atoms with Gasteiger partial charge in [0.15, 0.2) is 0 Å². The standard InChI is InChI=1S/C13H25N3OS/c1-10-8-15-6-3-4-11(15)9-16(10)13(17)12(14)5-7-18-2/h10-12H,3-9,14H2,1-2H3/t10?,11?,12-/m0/s1. The van der Waals surface area contributed by atoms with Crippen molar-refractivity contribution in [3.8, 4) is 0 Å². The fourth-order valence-electron chi connectivity index (χ4n) is 3.08. The molecule has 4 nitrogen and oxygen atoms in total. The minimum Gasteiger partial charge on any atom is -0.336 e. The van der Waals surface area contributed by atoms with Gasteiger partial charge in [-0.15, -0.1) is 0 Å². The third-order valence-corrected chi connectivity index (χ3v) is 4.81. The normalized spacial score (nSPS) is 30.3. The molecule has 2 aliphatic rings. The van der Waals surface area contributed by atoms with Crippen LogP contribution in [-0.2, 0) is 4.79 Å². The smallest absolute Gasteiger partial charge is 0.239 e. The van der Waals surface area contributed by atoms with Gasteiger partial charge < -0.3 is 10.6 Å². The highest BCUT2D eigenvalue weighted by molar-refractivity contribution is 7.98. The summed E-state index contributed by atoms with van der Waals surface area (Å²) in [4.78, 5) is 16.9. The highest BCUT2D eigenvalue weighted by Gasteiger charge is 2.37. The quantitative estimate of drug-likeness (QED) is 0.820. The molecule has 2 unspecified atom stereocenters. The van der Waals surface area contributed by atoms with Crippen molar-refractivity contribution in [2.24, 2.45) is 5.73 Å². The summed E-state index contributed by atoms with van der Waals surface area (Å²) in [6.45, 7) is 5.25. The number of carbonyl (C=O) groups excluding carboxylic acids is 1. The first kappa shape index (κ1) is 14.2. The molecule has 3 atom stereocenters. The van der Waals surface area contributed by atoms with E-state index >= 15 is 0 Å². The molecule has 104 valence electrons. The maximum Gasteiger partial charge on any atom is 0.239 e. The molecule has 2 N–H and O–H groups in total. The molecule has 2 aliphatic heterocycles. The molecule has 0 radical (unpaired) electrons. The van der Waals surface area contributed by atoms with E-state index in [1.54, 1.807) is 11.8 Å². The van der Waals surface area contributed by atoms with Gasteiger partial charge in [-0.2, -0.15) is 11.8 Å². The number of hydrogen-bond acceptors (Lipinski definition) is 4. The van der Waals surface area contributed by atoms with E-state index in [-0.39, 0.29) is 11.9 Å². The molecule has 0 bridgehead atoms. The molecule has 2 fully saturated rings. The zero-order valence-electron chi connectivity index (χ0n) is 11.5. The van der Waals surface area contributed by atoms with Crippen LogP contribution in [0.15, 0.2) is 0 Å². The van der Waals surface area contributed by atoms with Crippen LogP contribution >= 0.6 is 11.8 Å². The van der Waals surface area contributed by atoms with Crippen LogP contribution in [0.1, 0.15) is 26.2 Å². The molecule has 0 aromatic rings. The van der Waals surface area contributed by atoms with Crippen molar-refractivity contribution in [3.63, 3.8) is 0 Å². The number of carbonyl (C=O) groups is 1. The first-order valence-electron chi connectivity index (χ1n) is 6.92. The van der Waals surface area contributed by atoms with E-state index in [1.807, 2.05) is 4.90 Å². The second-order valence-electron chi connectivity index (χ2n) is 5.52. The van der Waals surface area contributed by atoms with Gasteiger partial charge in [0.1, 0.15) is 0 Å². The van der Waals surface area contributed by atoms with Gasteiger partial charge in [0.05, 0.1) is 6.04 Å². The molecule has 1 amide bonds. The molecule has 2 heterocycles. The summed E-state index contributed by atoms with van der Waals surface area (Å²) in [6, 6.07) is 0.581. The summed E-state index contributed by atoms with van der Waals surface area (Å²) in [5.41, 5.74) is 6.02. The van der Waals surface area contributed by atoms with Gasteiger partial charge in [0, 0.05) is 25.2 Å². The third-order valence-electron chi connectivity index (χ3n) is 4.17. The Kier molecular flexibility index (Phi) is 4.92. The average molecular weight is 271 g/mol. The van der Waals surface area contributed by atoms with E-state index < -0.39 is 0 Å². The highest BCUT2D eigenvalue weighted by atomic mass is 32.2. The van der Waals surface area contributed by atoms with Crippen molar-refractivity contribution < 1.29 is 4.79 Å². The predicted octanol–water partition coefficient (Wildman–Crippen LogP) is 0.762. The molecular weight excluding hydrogens is 246 g/mol. The van der Waals surface area contributed by atoms with Crippen LogP contribution in [0, 0.1) is 0 Å². The largest absolute Gasteiger partial charge is 0.336 e. The Morgan fingerprint density at radius 3 is 3.00 bits per heavy atom. The number of fused-ring (bicyclic) bond motifs is 1. The second-order valence-corrected chi connectivity index (χ2v) is 6.50. The van der Waals surface area contributed by atoms with Crippen LogP contribution in [0.4, 0.5) is 0 Å². The van der Waals surface area contributed by atoms with Crippen LogP contribution in [-0.4, -0.2) is 65.5 Å². The molecule has 18 heavy (non-hydrogen) atoms. The lowest BCUT2D eigenvalue weighted by atomic mass is 10.1.